The van der Waals surface area contributed by atoms with Crippen LogP contribution in [0.3, 0.4) is 0 Å². The van der Waals surface area contributed by atoms with Gasteiger partial charge in [-0.15, -0.1) is 0 Å². The van der Waals surface area contributed by atoms with Crippen LogP contribution in [0.25, 0.3) is 0 Å². The Balaban J connectivity index is 1.70. The summed E-state index contributed by atoms with van der Waals surface area (Å²) in [4.78, 5) is 13.1. The summed E-state index contributed by atoms with van der Waals surface area (Å²) in [5.41, 5.74) is 2.57. The van der Waals surface area contributed by atoms with Crippen molar-refractivity contribution in [2.75, 3.05) is 0 Å². The van der Waals surface area contributed by atoms with E-state index in [2.05, 4.69) is 103 Å². The molecule has 0 aromatic heterocycles. The Labute approximate surface area is 202 Å². The highest BCUT2D eigenvalue weighted by Crippen LogP contribution is 2.54. The average Bonchev–Trinajstić information content (AvgIpc) is 2.91. The molecule has 0 fully saturated rings. The molecule has 5 aromatic carbocycles. The summed E-state index contributed by atoms with van der Waals surface area (Å²) in [7, 11) is -2.15. The van der Waals surface area contributed by atoms with Gasteiger partial charge in [0.05, 0.1) is 0 Å². The SMILES string of the molecule is Cc1ccc(C(=O)c2ccc([P+](c3ccccc3)(c3ccccc3)c3ccccc3)cc2)cc1. The number of hydrogen-bond donors (Lipinski definition) is 0. The third-order valence-corrected chi connectivity index (χ3v) is 10.6. The minimum absolute atomic E-state index is 0.0506. The lowest BCUT2D eigenvalue weighted by Crippen LogP contribution is -2.38. The minimum atomic E-state index is -2.15. The maximum absolute atomic E-state index is 13.1. The molecule has 2 heteroatoms. The molecule has 0 spiro atoms. The van der Waals surface area contributed by atoms with Crippen molar-refractivity contribution in [2.24, 2.45) is 0 Å². The van der Waals surface area contributed by atoms with E-state index in [4.69, 9.17) is 0 Å². The molecule has 5 aromatic rings. The van der Waals surface area contributed by atoms with Gasteiger partial charge in [-0.1, -0.05) is 84.4 Å². The Kier molecular flexibility index (Phi) is 6.21. The number of rotatable bonds is 6. The van der Waals surface area contributed by atoms with Crippen LogP contribution < -0.4 is 21.2 Å². The number of carbonyl (C=O) groups is 1. The Morgan fingerprint density at radius 1 is 0.441 bits per heavy atom. The zero-order valence-electron chi connectivity index (χ0n) is 19.1. The molecule has 0 amide bonds. The van der Waals surface area contributed by atoms with Crippen molar-refractivity contribution >= 4 is 34.3 Å². The van der Waals surface area contributed by atoms with Crippen LogP contribution in [0.1, 0.15) is 21.5 Å². The van der Waals surface area contributed by atoms with E-state index in [1.807, 2.05) is 43.3 Å². The van der Waals surface area contributed by atoms with Crippen LogP contribution in [-0.4, -0.2) is 5.78 Å². The van der Waals surface area contributed by atoms with E-state index < -0.39 is 7.26 Å². The number of benzene rings is 5. The van der Waals surface area contributed by atoms with Crippen molar-refractivity contribution in [3.8, 4) is 0 Å². The van der Waals surface area contributed by atoms with Gasteiger partial charge in [0, 0.05) is 11.1 Å². The Hall–Kier alpha value is -3.80. The predicted octanol–water partition coefficient (Wildman–Crippen LogP) is 5.85. The third kappa shape index (κ3) is 4.00. The van der Waals surface area contributed by atoms with Crippen LogP contribution in [0, 0.1) is 6.92 Å². The highest BCUT2D eigenvalue weighted by Gasteiger charge is 2.47. The maximum atomic E-state index is 13.1. The van der Waals surface area contributed by atoms with E-state index in [1.54, 1.807) is 0 Å². The van der Waals surface area contributed by atoms with E-state index in [0.717, 1.165) is 5.56 Å². The first-order valence-electron chi connectivity index (χ1n) is 11.5. The summed E-state index contributed by atoms with van der Waals surface area (Å²) >= 11 is 0. The molecule has 0 saturated carbocycles. The second kappa shape index (κ2) is 9.59. The molecule has 0 atom stereocenters. The second-order valence-corrected chi connectivity index (χ2v) is 11.8. The van der Waals surface area contributed by atoms with Gasteiger partial charge in [0.2, 0.25) is 0 Å². The van der Waals surface area contributed by atoms with Gasteiger partial charge in [-0.05, 0) is 67.6 Å². The van der Waals surface area contributed by atoms with Crippen LogP contribution >= 0.6 is 7.26 Å². The van der Waals surface area contributed by atoms with E-state index in [9.17, 15) is 4.79 Å². The molecule has 1 nitrogen and oxygen atoms in total. The summed E-state index contributed by atoms with van der Waals surface area (Å²) in [6.07, 6.45) is 0. The van der Waals surface area contributed by atoms with Crippen molar-refractivity contribution in [1.82, 2.24) is 0 Å². The molecule has 0 radical (unpaired) electrons. The molecule has 0 saturated heterocycles. The van der Waals surface area contributed by atoms with Gasteiger partial charge < -0.3 is 0 Å². The Morgan fingerprint density at radius 3 is 1.15 bits per heavy atom. The van der Waals surface area contributed by atoms with Gasteiger partial charge in [0.1, 0.15) is 28.5 Å². The van der Waals surface area contributed by atoms with Crippen LogP contribution in [0.5, 0.6) is 0 Å². The monoisotopic (exact) mass is 457 g/mol. The fourth-order valence-electron chi connectivity index (χ4n) is 4.56. The molecule has 0 aliphatic carbocycles. The largest absolute Gasteiger partial charge is 0.289 e. The number of hydrogen-bond acceptors (Lipinski definition) is 1. The lowest BCUT2D eigenvalue weighted by molar-refractivity contribution is 0.103. The number of ketones is 1. The van der Waals surface area contributed by atoms with Crippen molar-refractivity contribution in [1.29, 1.82) is 0 Å². The van der Waals surface area contributed by atoms with E-state index in [-0.39, 0.29) is 5.78 Å². The van der Waals surface area contributed by atoms with Crippen LogP contribution in [0.4, 0.5) is 0 Å². The van der Waals surface area contributed by atoms with E-state index in [1.165, 1.54) is 21.2 Å². The minimum Gasteiger partial charge on any atom is -0.289 e. The zero-order valence-corrected chi connectivity index (χ0v) is 20.0. The first-order valence-corrected chi connectivity index (χ1v) is 13.3. The summed E-state index contributed by atoms with van der Waals surface area (Å²) in [5.74, 6) is 0.0506. The molecule has 0 aliphatic rings. The molecule has 5 rings (SSSR count). The first-order chi connectivity index (χ1) is 16.7. The van der Waals surface area contributed by atoms with Crippen molar-refractivity contribution in [3.63, 3.8) is 0 Å². The van der Waals surface area contributed by atoms with Gasteiger partial charge in [-0.2, -0.15) is 0 Å². The maximum Gasteiger partial charge on any atom is 0.193 e. The molecule has 0 N–H and O–H groups in total. The summed E-state index contributed by atoms with van der Waals surface area (Å²) in [6.45, 7) is 2.03. The van der Waals surface area contributed by atoms with Crippen LogP contribution in [-0.2, 0) is 0 Å². The number of carbonyl (C=O) groups excluding carboxylic acids is 1. The molecule has 164 valence electrons. The lowest BCUT2D eigenvalue weighted by Gasteiger charge is -2.27. The smallest absolute Gasteiger partial charge is 0.193 e. The fraction of sp³-hybridized carbons (Fsp3) is 0.0312. The molecule has 34 heavy (non-hydrogen) atoms. The third-order valence-electron chi connectivity index (χ3n) is 6.26. The van der Waals surface area contributed by atoms with Crippen molar-refractivity contribution in [3.05, 3.63) is 156 Å². The van der Waals surface area contributed by atoms with Crippen LogP contribution in [0.2, 0.25) is 0 Å². The predicted molar refractivity (Wildman–Crippen MR) is 146 cm³/mol. The first kappa shape index (κ1) is 22.0. The van der Waals surface area contributed by atoms with Crippen molar-refractivity contribution < 1.29 is 4.79 Å². The zero-order chi connectivity index (χ0) is 23.4. The quantitative estimate of drug-likeness (QED) is 0.231. The topological polar surface area (TPSA) is 17.1 Å². The molecule has 0 heterocycles. The van der Waals surface area contributed by atoms with Gasteiger partial charge in [0.25, 0.3) is 0 Å². The Morgan fingerprint density at radius 2 is 0.765 bits per heavy atom. The second-order valence-electron chi connectivity index (χ2n) is 8.42. The standard InChI is InChI=1S/C32H26OP/c1-25-17-19-26(20-18-25)32(33)27-21-23-31(24-22-27)34(28-11-5-2-6-12-28,29-13-7-3-8-14-29)30-15-9-4-10-16-30/h2-24H,1H3/q+1. The molecule has 0 aliphatic heterocycles. The van der Waals surface area contributed by atoms with Crippen molar-refractivity contribution in [2.45, 2.75) is 6.92 Å². The normalized spacial score (nSPS) is 11.2. The highest BCUT2D eigenvalue weighted by atomic mass is 31.2. The summed E-state index contributed by atoms with van der Waals surface area (Å²) in [6, 6.07) is 48.4. The molecule has 0 unspecified atom stereocenters. The molecular formula is C32H26OP+. The highest BCUT2D eigenvalue weighted by molar-refractivity contribution is 8.01. The van der Waals surface area contributed by atoms with E-state index in [0.29, 0.717) is 11.1 Å². The van der Waals surface area contributed by atoms with Gasteiger partial charge in [0.15, 0.2) is 5.78 Å². The summed E-state index contributed by atoms with van der Waals surface area (Å²) < 4.78 is 0. The Bertz CT molecular complexity index is 1280. The van der Waals surface area contributed by atoms with Crippen LogP contribution in [0.15, 0.2) is 140 Å². The van der Waals surface area contributed by atoms with Gasteiger partial charge in [-0.25, -0.2) is 0 Å². The lowest BCUT2D eigenvalue weighted by atomic mass is 10.0. The fourth-order valence-corrected chi connectivity index (χ4v) is 8.80. The van der Waals surface area contributed by atoms with Gasteiger partial charge >= 0.3 is 0 Å². The number of aryl methyl sites for hydroxylation is 1. The average molecular weight is 458 g/mol. The molecule has 0 bridgehead atoms. The van der Waals surface area contributed by atoms with E-state index >= 15 is 0 Å². The van der Waals surface area contributed by atoms with Gasteiger partial charge in [-0.3, -0.25) is 4.79 Å². The molecular weight excluding hydrogens is 431 g/mol. The summed E-state index contributed by atoms with van der Waals surface area (Å²) in [5, 5.41) is 5.12.